The fourth-order valence-electron chi connectivity index (χ4n) is 4.18. The molecular weight excluding hydrogens is 486 g/mol. The summed E-state index contributed by atoms with van der Waals surface area (Å²) in [4.78, 5) is 42.2. The number of alkyl carbamates (subject to hydrolysis) is 1. The number of ether oxygens (including phenoxy) is 1. The molecule has 0 aliphatic heterocycles. The second-order valence-corrected chi connectivity index (χ2v) is 11.7. The maximum atomic E-state index is 14.1. The van der Waals surface area contributed by atoms with E-state index in [2.05, 4.69) is 24.5 Å². The van der Waals surface area contributed by atoms with Gasteiger partial charge in [0.15, 0.2) is 0 Å². The Morgan fingerprint density at radius 2 is 1.76 bits per heavy atom. The molecule has 1 aromatic rings. The smallest absolute Gasteiger partial charge is 0.408 e. The van der Waals surface area contributed by atoms with E-state index in [0.717, 1.165) is 43.2 Å². The Morgan fingerprint density at radius 3 is 2.32 bits per heavy atom. The molecule has 0 aliphatic carbocycles. The predicted octanol–water partition coefficient (Wildman–Crippen LogP) is 6.01. The molecule has 1 aromatic carbocycles. The fraction of sp³-hybridized carbons (Fsp3) is 0.690. The third-order valence-corrected chi connectivity index (χ3v) is 6.56. The van der Waals surface area contributed by atoms with Gasteiger partial charge in [-0.3, -0.25) is 9.59 Å². The zero-order valence-electron chi connectivity index (χ0n) is 24.2. The topological polar surface area (TPSA) is 87.7 Å². The largest absolute Gasteiger partial charge is 0.444 e. The third kappa shape index (κ3) is 12.2. The van der Waals surface area contributed by atoms with Crippen LogP contribution in [0.2, 0.25) is 0 Å². The van der Waals surface area contributed by atoms with Crippen molar-refractivity contribution in [3.05, 3.63) is 35.4 Å². The van der Waals surface area contributed by atoms with Gasteiger partial charge in [-0.25, -0.2) is 4.79 Å². The summed E-state index contributed by atoms with van der Waals surface area (Å²) in [6.45, 7) is 13.9. The number of carbonyl (C=O) groups is 3. The lowest BCUT2D eigenvalue weighted by atomic mass is 9.99. The van der Waals surface area contributed by atoms with Crippen molar-refractivity contribution in [3.8, 4) is 0 Å². The van der Waals surface area contributed by atoms with Crippen molar-refractivity contribution in [2.45, 2.75) is 111 Å². The third-order valence-electron chi connectivity index (χ3n) is 5.91. The molecule has 7 nitrogen and oxygen atoms in total. The van der Waals surface area contributed by atoms with E-state index in [4.69, 9.17) is 4.74 Å². The van der Waals surface area contributed by atoms with Crippen LogP contribution >= 0.6 is 11.8 Å². The number of hydrogen-bond donors (Lipinski definition) is 2. The van der Waals surface area contributed by atoms with Gasteiger partial charge in [0.1, 0.15) is 17.7 Å². The molecule has 2 N–H and O–H groups in total. The standard InChI is InChI=1S/C29H49N3O4S/c1-9-11-12-18-32(27(34)24(17-19-37-8)31-28(35)36-29(5,6)7)25(23-16-13-15-21(3)20-23)26(33)30-22(4)14-10-2/h13,15-16,20,22,24-25H,9-12,14,17-19H2,1-8H3,(H,30,33)(H,31,35). The SMILES string of the molecule is CCCCCN(C(=O)C(CCSC)NC(=O)OC(C)(C)C)C(C(=O)NC(C)CCC)c1cccc(C)c1. The molecular formula is C29H49N3O4S. The lowest BCUT2D eigenvalue weighted by molar-refractivity contribution is -0.143. The van der Waals surface area contributed by atoms with Crippen molar-refractivity contribution in [1.82, 2.24) is 15.5 Å². The number of thioether (sulfide) groups is 1. The predicted molar refractivity (Wildman–Crippen MR) is 154 cm³/mol. The highest BCUT2D eigenvalue weighted by Gasteiger charge is 2.36. The minimum Gasteiger partial charge on any atom is -0.444 e. The molecule has 0 aromatic heterocycles. The lowest BCUT2D eigenvalue weighted by Crippen LogP contribution is -2.54. The molecule has 3 amide bonds. The molecule has 210 valence electrons. The van der Waals surface area contributed by atoms with Crippen molar-refractivity contribution in [1.29, 1.82) is 0 Å². The Balaban J connectivity index is 3.46. The van der Waals surface area contributed by atoms with Crippen LogP contribution in [0.25, 0.3) is 0 Å². The first kappa shape index (κ1) is 32.8. The molecule has 0 fully saturated rings. The van der Waals surface area contributed by atoms with Crippen LogP contribution < -0.4 is 10.6 Å². The zero-order valence-corrected chi connectivity index (χ0v) is 25.0. The molecule has 0 saturated carbocycles. The van der Waals surface area contributed by atoms with Crippen LogP contribution in [-0.2, 0) is 14.3 Å². The molecule has 37 heavy (non-hydrogen) atoms. The van der Waals surface area contributed by atoms with Crippen LogP contribution in [0.1, 0.15) is 97.2 Å². The Bertz CT molecular complexity index is 856. The average Bonchev–Trinajstić information content (AvgIpc) is 2.79. The Morgan fingerprint density at radius 1 is 1.05 bits per heavy atom. The Labute approximate surface area is 228 Å². The van der Waals surface area contributed by atoms with E-state index in [1.807, 2.05) is 44.4 Å². The number of benzene rings is 1. The summed E-state index contributed by atoms with van der Waals surface area (Å²) in [5.74, 6) is 0.224. The summed E-state index contributed by atoms with van der Waals surface area (Å²) >= 11 is 1.61. The van der Waals surface area contributed by atoms with Gasteiger partial charge in [-0.2, -0.15) is 11.8 Å². The van der Waals surface area contributed by atoms with Gasteiger partial charge in [-0.1, -0.05) is 62.9 Å². The molecule has 3 unspecified atom stereocenters. The van der Waals surface area contributed by atoms with Gasteiger partial charge < -0.3 is 20.3 Å². The van der Waals surface area contributed by atoms with Crippen LogP contribution in [0.3, 0.4) is 0 Å². The molecule has 0 radical (unpaired) electrons. The van der Waals surface area contributed by atoms with E-state index >= 15 is 0 Å². The maximum absolute atomic E-state index is 14.1. The number of nitrogens with zero attached hydrogens (tertiary/aromatic N) is 1. The van der Waals surface area contributed by atoms with Gasteiger partial charge in [-0.05, 0) is 71.5 Å². The van der Waals surface area contributed by atoms with Crippen LogP contribution in [0, 0.1) is 6.92 Å². The lowest BCUT2D eigenvalue weighted by Gasteiger charge is -2.35. The average molecular weight is 536 g/mol. The molecule has 0 bridgehead atoms. The van der Waals surface area contributed by atoms with Crippen LogP contribution in [0.5, 0.6) is 0 Å². The highest BCUT2D eigenvalue weighted by Crippen LogP contribution is 2.25. The van der Waals surface area contributed by atoms with Gasteiger partial charge in [0.25, 0.3) is 0 Å². The molecule has 1 rings (SSSR count). The summed E-state index contributed by atoms with van der Waals surface area (Å²) < 4.78 is 5.46. The monoisotopic (exact) mass is 535 g/mol. The first-order chi connectivity index (χ1) is 17.4. The summed E-state index contributed by atoms with van der Waals surface area (Å²) in [6.07, 6.45) is 6.27. The Hall–Kier alpha value is -2.22. The van der Waals surface area contributed by atoms with Crippen molar-refractivity contribution < 1.29 is 19.1 Å². The minimum atomic E-state index is -0.794. The molecule has 0 saturated heterocycles. The van der Waals surface area contributed by atoms with E-state index in [0.29, 0.717) is 18.7 Å². The maximum Gasteiger partial charge on any atom is 0.408 e. The number of unbranched alkanes of at least 4 members (excludes halogenated alkanes) is 2. The van der Waals surface area contributed by atoms with Gasteiger partial charge >= 0.3 is 6.09 Å². The van der Waals surface area contributed by atoms with Gasteiger partial charge in [0, 0.05) is 12.6 Å². The minimum absolute atomic E-state index is 0.00965. The second-order valence-electron chi connectivity index (χ2n) is 10.7. The van der Waals surface area contributed by atoms with E-state index in [1.165, 1.54) is 0 Å². The fourth-order valence-corrected chi connectivity index (χ4v) is 4.65. The molecule has 0 heterocycles. The van der Waals surface area contributed by atoms with E-state index in [-0.39, 0.29) is 17.9 Å². The van der Waals surface area contributed by atoms with E-state index in [9.17, 15) is 14.4 Å². The van der Waals surface area contributed by atoms with Crippen molar-refractivity contribution in [3.63, 3.8) is 0 Å². The molecule has 0 spiro atoms. The Kier molecular flexibility index (Phi) is 14.7. The highest BCUT2D eigenvalue weighted by molar-refractivity contribution is 7.98. The first-order valence-corrected chi connectivity index (χ1v) is 15.0. The van der Waals surface area contributed by atoms with Crippen LogP contribution in [0.4, 0.5) is 4.79 Å². The number of nitrogens with one attached hydrogen (secondary N) is 2. The normalized spacial score (nSPS) is 13.8. The first-order valence-electron chi connectivity index (χ1n) is 13.6. The van der Waals surface area contributed by atoms with Crippen molar-refractivity contribution in [2.75, 3.05) is 18.6 Å². The van der Waals surface area contributed by atoms with Crippen molar-refractivity contribution >= 4 is 29.7 Å². The van der Waals surface area contributed by atoms with Gasteiger partial charge in [-0.15, -0.1) is 0 Å². The van der Waals surface area contributed by atoms with Crippen LogP contribution in [0.15, 0.2) is 24.3 Å². The zero-order chi connectivity index (χ0) is 28.0. The van der Waals surface area contributed by atoms with Gasteiger partial charge in [0.05, 0.1) is 0 Å². The second kappa shape index (κ2) is 16.6. The number of rotatable bonds is 15. The molecule has 0 aliphatic rings. The van der Waals surface area contributed by atoms with Crippen molar-refractivity contribution in [2.24, 2.45) is 0 Å². The number of aryl methyl sites for hydroxylation is 1. The van der Waals surface area contributed by atoms with Gasteiger partial charge in [0.2, 0.25) is 11.8 Å². The highest BCUT2D eigenvalue weighted by atomic mass is 32.2. The summed E-state index contributed by atoms with van der Waals surface area (Å²) in [7, 11) is 0. The summed E-state index contributed by atoms with van der Waals surface area (Å²) in [5, 5.41) is 5.93. The number of amides is 3. The summed E-state index contributed by atoms with van der Waals surface area (Å²) in [6, 6.07) is 6.17. The van der Waals surface area contributed by atoms with Crippen LogP contribution in [-0.4, -0.2) is 59.0 Å². The molecule has 3 atom stereocenters. The molecule has 8 heteroatoms. The van der Waals surface area contributed by atoms with E-state index in [1.54, 1.807) is 37.4 Å². The number of carbonyl (C=O) groups excluding carboxylic acids is 3. The quantitative estimate of drug-likeness (QED) is 0.269. The number of hydrogen-bond acceptors (Lipinski definition) is 5. The van der Waals surface area contributed by atoms with E-state index < -0.39 is 23.8 Å². The summed E-state index contributed by atoms with van der Waals surface area (Å²) in [5.41, 5.74) is 1.10.